The van der Waals surface area contributed by atoms with Crippen molar-refractivity contribution in [2.24, 2.45) is 0 Å². The minimum absolute atomic E-state index is 0.0818. The van der Waals surface area contributed by atoms with Gasteiger partial charge in [0.2, 0.25) is 0 Å². The lowest BCUT2D eigenvalue weighted by Gasteiger charge is -2.36. The zero-order chi connectivity index (χ0) is 21.6. The predicted octanol–water partition coefficient (Wildman–Crippen LogP) is 2.94. The Morgan fingerprint density at radius 2 is 1.83 bits per heavy atom. The number of thiocarbonyl (C=S) groups is 1. The first-order valence-electron chi connectivity index (χ1n) is 9.23. The monoisotopic (exact) mass is 462 g/mol. The average molecular weight is 463 g/mol. The molecule has 1 fully saturated rings. The SMILES string of the molecule is C=CS(=O)(=O)Nc1ccc(C(=O)N2CCN(C(=S)SCc3cccnc3)CC2)cc1. The second-order valence-corrected chi connectivity index (χ2v) is 9.82. The van der Waals surface area contributed by atoms with Gasteiger partial charge < -0.3 is 9.80 Å². The number of thioether (sulfide) groups is 1. The molecule has 1 aromatic heterocycles. The van der Waals surface area contributed by atoms with E-state index < -0.39 is 10.0 Å². The fraction of sp³-hybridized carbons (Fsp3) is 0.250. The van der Waals surface area contributed by atoms with Crippen molar-refractivity contribution in [3.63, 3.8) is 0 Å². The topological polar surface area (TPSA) is 82.6 Å². The minimum atomic E-state index is -3.57. The Balaban J connectivity index is 1.50. The molecule has 0 saturated carbocycles. The van der Waals surface area contributed by atoms with Crippen molar-refractivity contribution in [2.45, 2.75) is 5.75 Å². The van der Waals surface area contributed by atoms with Gasteiger partial charge in [0, 0.05) is 61.0 Å². The van der Waals surface area contributed by atoms with Crippen LogP contribution in [0.1, 0.15) is 15.9 Å². The van der Waals surface area contributed by atoms with Gasteiger partial charge in [-0.2, -0.15) is 0 Å². The van der Waals surface area contributed by atoms with E-state index in [9.17, 15) is 13.2 Å². The number of carbonyl (C=O) groups is 1. The molecule has 3 rings (SSSR count). The van der Waals surface area contributed by atoms with Crippen molar-refractivity contribution in [3.05, 3.63) is 71.9 Å². The summed E-state index contributed by atoms with van der Waals surface area (Å²) in [6.45, 7) is 5.78. The molecule has 0 spiro atoms. The number of carbonyl (C=O) groups excluding carboxylic acids is 1. The first-order chi connectivity index (χ1) is 14.4. The summed E-state index contributed by atoms with van der Waals surface area (Å²) < 4.78 is 26.2. The summed E-state index contributed by atoms with van der Waals surface area (Å²) in [6, 6.07) is 10.3. The number of piperazine rings is 1. The molecule has 1 amide bonds. The summed E-state index contributed by atoms with van der Waals surface area (Å²) in [7, 11) is -3.57. The number of hydrogen-bond acceptors (Lipinski definition) is 6. The molecule has 7 nitrogen and oxygen atoms in total. The van der Waals surface area contributed by atoms with Gasteiger partial charge in [-0.15, -0.1) is 0 Å². The number of amides is 1. The highest BCUT2D eigenvalue weighted by atomic mass is 32.2. The Morgan fingerprint density at radius 3 is 2.43 bits per heavy atom. The Morgan fingerprint density at radius 1 is 1.17 bits per heavy atom. The number of anilines is 1. The molecule has 0 atom stereocenters. The number of rotatable bonds is 6. The molecule has 0 bridgehead atoms. The van der Waals surface area contributed by atoms with Gasteiger partial charge in [-0.1, -0.05) is 36.6 Å². The highest BCUT2D eigenvalue weighted by molar-refractivity contribution is 8.22. The molecule has 0 radical (unpaired) electrons. The average Bonchev–Trinajstić information content (AvgIpc) is 2.78. The third-order valence-corrected chi connectivity index (χ3v) is 7.08. The third-order valence-electron chi connectivity index (χ3n) is 4.52. The number of sulfonamides is 1. The highest BCUT2D eigenvalue weighted by Gasteiger charge is 2.23. The van der Waals surface area contributed by atoms with E-state index in [0.29, 0.717) is 37.4 Å². The summed E-state index contributed by atoms with van der Waals surface area (Å²) in [6.07, 6.45) is 3.58. The first kappa shape index (κ1) is 22.3. The van der Waals surface area contributed by atoms with Gasteiger partial charge in [-0.3, -0.25) is 14.5 Å². The molecule has 2 heterocycles. The van der Waals surface area contributed by atoms with E-state index in [1.54, 1.807) is 47.1 Å². The highest BCUT2D eigenvalue weighted by Crippen LogP contribution is 2.19. The van der Waals surface area contributed by atoms with Crippen molar-refractivity contribution < 1.29 is 13.2 Å². The molecule has 10 heteroatoms. The van der Waals surface area contributed by atoms with Gasteiger partial charge in [0.05, 0.1) is 0 Å². The molecule has 30 heavy (non-hydrogen) atoms. The fourth-order valence-corrected chi connectivity index (χ4v) is 4.61. The number of benzene rings is 1. The van der Waals surface area contributed by atoms with E-state index in [4.69, 9.17) is 12.2 Å². The van der Waals surface area contributed by atoms with Gasteiger partial charge in [0.15, 0.2) is 0 Å². The number of pyridine rings is 1. The van der Waals surface area contributed by atoms with Gasteiger partial charge in [0.25, 0.3) is 15.9 Å². The summed E-state index contributed by atoms with van der Waals surface area (Å²) in [5.74, 6) is 0.690. The molecule has 2 aromatic rings. The van der Waals surface area contributed by atoms with Crippen LogP contribution in [0.15, 0.2) is 60.8 Å². The fourth-order valence-electron chi connectivity index (χ4n) is 2.88. The lowest BCUT2D eigenvalue weighted by Crippen LogP contribution is -2.49. The van der Waals surface area contributed by atoms with Gasteiger partial charge in [-0.25, -0.2) is 8.42 Å². The van der Waals surface area contributed by atoms with Crippen LogP contribution in [-0.2, 0) is 15.8 Å². The van der Waals surface area contributed by atoms with Crippen LogP contribution in [0, 0.1) is 0 Å². The van der Waals surface area contributed by atoms with E-state index in [1.165, 1.54) is 0 Å². The van der Waals surface area contributed by atoms with Crippen LogP contribution >= 0.6 is 24.0 Å². The van der Waals surface area contributed by atoms with E-state index >= 15 is 0 Å². The van der Waals surface area contributed by atoms with Crippen molar-refractivity contribution in [1.29, 1.82) is 0 Å². The van der Waals surface area contributed by atoms with Gasteiger partial charge in [-0.05, 0) is 35.9 Å². The molecule has 1 saturated heterocycles. The number of nitrogens with one attached hydrogen (secondary N) is 1. The molecular formula is C20H22N4O3S3. The van der Waals surface area contributed by atoms with Gasteiger partial charge in [0.1, 0.15) is 4.32 Å². The quantitative estimate of drug-likeness (QED) is 0.661. The Kier molecular flexibility index (Phi) is 7.46. The zero-order valence-electron chi connectivity index (χ0n) is 16.2. The molecule has 1 aliphatic heterocycles. The van der Waals surface area contributed by atoms with Gasteiger partial charge >= 0.3 is 0 Å². The normalized spacial score (nSPS) is 14.3. The maximum Gasteiger partial charge on any atom is 0.254 e. The molecule has 1 aliphatic rings. The Hall–Kier alpha value is -2.43. The van der Waals surface area contributed by atoms with E-state index in [0.717, 1.165) is 21.0 Å². The Bertz CT molecular complexity index is 1000. The second kappa shape index (κ2) is 10.1. The molecular weight excluding hydrogens is 440 g/mol. The molecule has 0 aliphatic carbocycles. The molecule has 1 aromatic carbocycles. The Labute approximate surface area is 186 Å². The third kappa shape index (κ3) is 6.04. The second-order valence-electron chi connectivity index (χ2n) is 6.59. The van der Waals surface area contributed by atoms with Crippen LogP contribution in [0.25, 0.3) is 0 Å². The van der Waals surface area contributed by atoms with Crippen molar-refractivity contribution in [2.75, 3.05) is 30.9 Å². The van der Waals surface area contributed by atoms with Crippen LogP contribution < -0.4 is 4.72 Å². The summed E-state index contributed by atoms with van der Waals surface area (Å²) >= 11 is 7.14. The van der Waals surface area contributed by atoms with Crippen LogP contribution in [0.3, 0.4) is 0 Å². The zero-order valence-corrected chi connectivity index (χ0v) is 18.7. The number of hydrogen-bond donors (Lipinski definition) is 1. The standard InChI is InChI=1S/C20H22N4O3S3/c1-2-30(26,27)22-18-7-5-17(6-8-18)19(25)23-10-12-24(13-11-23)20(28)29-15-16-4-3-9-21-14-16/h2-9,14,22H,1,10-13,15H2. The van der Waals surface area contributed by atoms with Crippen LogP contribution in [0.2, 0.25) is 0 Å². The lowest BCUT2D eigenvalue weighted by atomic mass is 10.1. The largest absolute Gasteiger partial charge is 0.354 e. The maximum absolute atomic E-state index is 12.7. The van der Waals surface area contributed by atoms with Crippen molar-refractivity contribution in [1.82, 2.24) is 14.8 Å². The van der Waals surface area contributed by atoms with Crippen molar-refractivity contribution in [3.8, 4) is 0 Å². The molecule has 0 unspecified atom stereocenters. The molecule has 158 valence electrons. The lowest BCUT2D eigenvalue weighted by molar-refractivity contribution is 0.0695. The molecule has 1 N–H and O–H groups in total. The van der Waals surface area contributed by atoms with E-state index in [1.807, 2.05) is 18.3 Å². The van der Waals surface area contributed by atoms with Crippen molar-refractivity contribution >= 4 is 49.9 Å². The van der Waals surface area contributed by atoms with E-state index in [-0.39, 0.29) is 5.91 Å². The number of aromatic nitrogens is 1. The summed E-state index contributed by atoms with van der Waals surface area (Å²) in [5.41, 5.74) is 2.02. The minimum Gasteiger partial charge on any atom is -0.354 e. The summed E-state index contributed by atoms with van der Waals surface area (Å²) in [5, 5.41) is 0.838. The first-order valence-corrected chi connectivity index (χ1v) is 12.2. The van der Waals surface area contributed by atoms with Crippen LogP contribution in [0.4, 0.5) is 5.69 Å². The van der Waals surface area contributed by atoms with Crippen LogP contribution in [0.5, 0.6) is 0 Å². The van der Waals surface area contributed by atoms with Crippen LogP contribution in [-0.4, -0.2) is 59.6 Å². The van der Waals surface area contributed by atoms with E-state index in [2.05, 4.69) is 21.2 Å². The summed E-state index contributed by atoms with van der Waals surface area (Å²) in [4.78, 5) is 20.8. The smallest absolute Gasteiger partial charge is 0.254 e. The number of nitrogens with zero attached hydrogens (tertiary/aromatic N) is 3. The maximum atomic E-state index is 12.7. The predicted molar refractivity (Wildman–Crippen MR) is 125 cm³/mol.